The van der Waals surface area contributed by atoms with Gasteiger partial charge in [-0.25, -0.2) is 4.39 Å². The van der Waals surface area contributed by atoms with Crippen LogP contribution in [0.1, 0.15) is 28.5 Å². The van der Waals surface area contributed by atoms with E-state index in [9.17, 15) is 9.18 Å². The minimum atomic E-state index is -0.291. The molecular weight excluding hydrogens is 351 g/mol. The smallest absolute Gasteiger partial charge is 0.276 e. The molecule has 0 radical (unpaired) electrons. The second-order valence-corrected chi connectivity index (χ2v) is 6.50. The molecule has 1 amide bonds. The number of ether oxygens (including phenoxy) is 2. The zero-order valence-electron chi connectivity index (χ0n) is 14.2. The fourth-order valence-electron chi connectivity index (χ4n) is 3.37. The summed E-state index contributed by atoms with van der Waals surface area (Å²) in [6.45, 7) is 0.825. The lowest BCUT2D eigenvalue weighted by Gasteiger charge is -2.40. The van der Waals surface area contributed by atoms with E-state index in [1.54, 1.807) is 35.2 Å². The molecule has 2 aliphatic heterocycles. The zero-order valence-corrected chi connectivity index (χ0v) is 14.2. The Hall–Kier alpha value is -3.35. The van der Waals surface area contributed by atoms with Crippen molar-refractivity contribution in [2.45, 2.75) is 12.5 Å². The highest BCUT2D eigenvalue weighted by atomic mass is 19.1. The number of carbonyl (C=O) groups excluding carboxylic acids is 1. The Morgan fingerprint density at radius 2 is 1.89 bits per heavy atom. The van der Waals surface area contributed by atoms with Gasteiger partial charge in [0.05, 0.1) is 6.04 Å². The summed E-state index contributed by atoms with van der Waals surface area (Å²) in [5.41, 5.74) is 1.91. The number of halogens is 1. The summed E-state index contributed by atoms with van der Waals surface area (Å²) >= 11 is 0. The number of aromatic nitrogens is 1. The van der Waals surface area contributed by atoms with Crippen LogP contribution in [-0.4, -0.2) is 29.3 Å². The number of amides is 1. The summed E-state index contributed by atoms with van der Waals surface area (Å²) in [5, 5.41) is 3.93. The molecule has 3 aromatic rings. The van der Waals surface area contributed by atoms with Crippen molar-refractivity contribution in [2.75, 3.05) is 13.3 Å². The minimum absolute atomic E-state index is 0.0659. The number of carbonyl (C=O) groups is 1. The average Bonchev–Trinajstić information content (AvgIpc) is 3.31. The third kappa shape index (κ3) is 2.71. The van der Waals surface area contributed by atoms with E-state index in [4.69, 9.17) is 14.0 Å². The van der Waals surface area contributed by atoms with Gasteiger partial charge in [0.2, 0.25) is 6.79 Å². The van der Waals surface area contributed by atoms with Crippen molar-refractivity contribution in [3.63, 3.8) is 0 Å². The molecule has 2 aromatic carbocycles. The first kappa shape index (κ1) is 15.9. The Morgan fingerprint density at radius 3 is 2.67 bits per heavy atom. The summed E-state index contributed by atoms with van der Waals surface area (Å²) in [6, 6.07) is 13.2. The fourth-order valence-corrected chi connectivity index (χ4v) is 3.37. The molecule has 1 unspecified atom stereocenters. The van der Waals surface area contributed by atoms with E-state index in [-0.39, 0.29) is 30.3 Å². The average molecular weight is 366 g/mol. The van der Waals surface area contributed by atoms with Crippen molar-refractivity contribution in [3.8, 4) is 22.8 Å². The van der Waals surface area contributed by atoms with Crippen molar-refractivity contribution in [2.24, 2.45) is 0 Å². The SMILES string of the molecule is O=C(c1cc(-c2ccc3c(c2)OCO3)on1)N1CCC1c1ccc(F)cc1. The van der Waals surface area contributed by atoms with Gasteiger partial charge in [-0.3, -0.25) is 4.79 Å². The Morgan fingerprint density at radius 1 is 1.07 bits per heavy atom. The van der Waals surface area contributed by atoms with E-state index < -0.39 is 0 Å². The highest BCUT2D eigenvalue weighted by Crippen LogP contribution is 2.37. The third-order valence-corrected chi connectivity index (χ3v) is 4.92. The molecule has 5 rings (SSSR count). The van der Waals surface area contributed by atoms with Crippen molar-refractivity contribution in [1.29, 1.82) is 0 Å². The molecule has 0 N–H and O–H groups in total. The minimum Gasteiger partial charge on any atom is -0.454 e. The number of hydrogen-bond donors (Lipinski definition) is 0. The first-order valence-corrected chi connectivity index (χ1v) is 8.62. The maximum atomic E-state index is 13.1. The summed E-state index contributed by atoms with van der Waals surface area (Å²) in [5.74, 6) is 1.30. The lowest BCUT2D eigenvalue weighted by atomic mass is 9.94. The number of nitrogens with zero attached hydrogens (tertiary/aromatic N) is 2. The number of hydrogen-bond acceptors (Lipinski definition) is 5. The van der Waals surface area contributed by atoms with E-state index in [0.717, 1.165) is 17.5 Å². The van der Waals surface area contributed by atoms with E-state index in [1.807, 2.05) is 6.07 Å². The van der Waals surface area contributed by atoms with Gasteiger partial charge in [0.25, 0.3) is 5.91 Å². The lowest BCUT2D eigenvalue weighted by molar-refractivity contribution is 0.0450. The normalized spacial score (nSPS) is 17.7. The number of rotatable bonds is 3. The second kappa shape index (κ2) is 6.12. The highest BCUT2D eigenvalue weighted by Gasteiger charge is 2.35. The summed E-state index contributed by atoms with van der Waals surface area (Å²) < 4.78 is 29.1. The molecule has 0 spiro atoms. The molecule has 1 saturated heterocycles. The molecule has 3 heterocycles. The largest absolute Gasteiger partial charge is 0.454 e. The van der Waals surface area contributed by atoms with Crippen molar-refractivity contribution >= 4 is 5.91 Å². The summed E-state index contributed by atoms with van der Waals surface area (Å²) in [6.07, 6.45) is 0.838. The molecular formula is C20H15FN2O4. The van der Waals surface area contributed by atoms with Crippen LogP contribution in [0, 0.1) is 5.82 Å². The summed E-state index contributed by atoms with van der Waals surface area (Å²) in [4.78, 5) is 14.5. The van der Waals surface area contributed by atoms with E-state index in [0.29, 0.717) is 23.8 Å². The van der Waals surface area contributed by atoms with Crippen LogP contribution >= 0.6 is 0 Å². The van der Waals surface area contributed by atoms with Crippen molar-refractivity contribution in [3.05, 3.63) is 65.6 Å². The third-order valence-electron chi connectivity index (χ3n) is 4.92. The Labute approximate surface area is 154 Å². The van der Waals surface area contributed by atoms with Gasteiger partial charge in [-0.15, -0.1) is 0 Å². The van der Waals surface area contributed by atoms with Gasteiger partial charge in [0, 0.05) is 18.2 Å². The van der Waals surface area contributed by atoms with Gasteiger partial charge in [0.1, 0.15) is 5.82 Å². The van der Waals surface area contributed by atoms with Crippen LogP contribution in [0.2, 0.25) is 0 Å². The first-order valence-electron chi connectivity index (χ1n) is 8.62. The quantitative estimate of drug-likeness (QED) is 0.706. The Bertz CT molecular complexity index is 1020. The molecule has 6 nitrogen and oxygen atoms in total. The van der Waals surface area contributed by atoms with Crippen LogP contribution in [0.25, 0.3) is 11.3 Å². The molecule has 0 bridgehead atoms. The number of fused-ring (bicyclic) bond motifs is 1. The van der Waals surface area contributed by atoms with Crippen LogP contribution in [0.3, 0.4) is 0 Å². The second-order valence-electron chi connectivity index (χ2n) is 6.50. The van der Waals surface area contributed by atoms with Gasteiger partial charge >= 0.3 is 0 Å². The maximum Gasteiger partial charge on any atom is 0.276 e. The molecule has 0 saturated carbocycles. The van der Waals surface area contributed by atoms with Crippen LogP contribution in [-0.2, 0) is 0 Å². The highest BCUT2D eigenvalue weighted by molar-refractivity contribution is 5.94. The standard InChI is InChI=1S/C20H15FN2O4/c21-14-4-1-12(2-5-14)16-7-8-23(16)20(24)15-10-18(27-22-15)13-3-6-17-19(9-13)26-11-25-17/h1-6,9-10,16H,7-8,11H2. The van der Waals surface area contributed by atoms with Gasteiger partial charge < -0.3 is 18.9 Å². The van der Waals surface area contributed by atoms with Gasteiger partial charge in [-0.1, -0.05) is 17.3 Å². The molecule has 0 aliphatic carbocycles. The predicted molar refractivity (Wildman–Crippen MR) is 92.9 cm³/mol. The zero-order chi connectivity index (χ0) is 18.4. The van der Waals surface area contributed by atoms with Crippen LogP contribution in [0.4, 0.5) is 4.39 Å². The van der Waals surface area contributed by atoms with Gasteiger partial charge in [0.15, 0.2) is 23.0 Å². The topological polar surface area (TPSA) is 64.8 Å². The van der Waals surface area contributed by atoms with Crippen molar-refractivity contribution in [1.82, 2.24) is 10.1 Å². The van der Waals surface area contributed by atoms with Crippen LogP contribution in [0.5, 0.6) is 11.5 Å². The van der Waals surface area contributed by atoms with Gasteiger partial charge in [-0.05, 0) is 42.3 Å². The fraction of sp³-hybridized carbons (Fsp3) is 0.200. The number of likely N-dealkylation sites (tertiary alicyclic amines) is 1. The maximum absolute atomic E-state index is 13.1. The predicted octanol–water partition coefficient (Wildman–Crippen LogP) is 3.80. The van der Waals surface area contributed by atoms with E-state index in [1.165, 1.54) is 12.1 Å². The Kier molecular flexibility index (Phi) is 3.60. The lowest BCUT2D eigenvalue weighted by Crippen LogP contribution is -2.45. The molecule has 1 aromatic heterocycles. The van der Waals surface area contributed by atoms with Gasteiger partial charge in [-0.2, -0.15) is 0 Å². The molecule has 1 fully saturated rings. The van der Waals surface area contributed by atoms with E-state index >= 15 is 0 Å². The molecule has 2 aliphatic rings. The molecule has 1 atom stereocenters. The first-order chi connectivity index (χ1) is 13.2. The summed E-state index contributed by atoms with van der Waals surface area (Å²) in [7, 11) is 0. The molecule has 27 heavy (non-hydrogen) atoms. The Balaban J connectivity index is 1.36. The van der Waals surface area contributed by atoms with Crippen LogP contribution < -0.4 is 9.47 Å². The monoisotopic (exact) mass is 366 g/mol. The van der Waals surface area contributed by atoms with Crippen molar-refractivity contribution < 1.29 is 23.2 Å². The van der Waals surface area contributed by atoms with E-state index in [2.05, 4.69) is 5.16 Å². The molecule has 7 heteroatoms. The van der Waals surface area contributed by atoms with Crippen LogP contribution in [0.15, 0.2) is 53.1 Å². The number of benzene rings is 2. The molecule has 136 valence electrons.